The van der Waals surface area contributed by atoms with E-state index in [9.17, 15) is 0 Å². The van der Waals surface area contributed by atoms with E-state index in [-0.39, 0.29) is 16.8 Å². The average Bonchev–Trinajstić information content (AvgIpc) is 3.19. The first-order valence-corrected chi connectivity index (χ1v) is 25.2. The van der Waals surface area contributed by atoms with E-state index in [1.165, 1.54) is 193 Å². The summed E-state index contributed by atoms with van der Waals surface area (Å²) in [6, 6.07) is 0. The largest absolute Gasteiger partial charge is 0.334 e. The van der Waals surface area contributed by atoms with Gasteiger partial charge in [0.05, 0.1) is 16.8 Å². The summed E-state index contributed by atoms with van der Waals surface area (Å²) in [4.78, 5) is 0. The quantitative estimate of drug-likeness (QED) is 0.156. The van der Waals surface area contributed by atoms with Crippen molar-refractivity contribution in [3.8, 4) is 0 Å². The van der Waals surface area contributed by atoms with Gasteiger partial charge in [0.1, 0.15) is 0 Å². The minimum absolute atomic E-state index is 0.157. The third-order valence-corrected chi connectivity index (χ3v) is 18.3. The molecule has 0 amide bonds. The van der Waals surface area contributed by atoms with Crippen molar-refractivity contribution < 1.29 is 13.6 Å². The minimum Gasteiger partial charge on any atom is -0.305 e. The molecule has 0 heterocycles. The van der Waals surface area contributed by atoms with Crippen LogP contribution in [0.5, 0.6) is 0 Å². The lowest BCUT2D eigenvalue weighted by Crippen LogP contribution is -2.57. The molecule has 0 radical (unpaired) electrons. The third-order valence-electron chi connectivity index (χ3n) is 16.9. The predicted molar refractivity (Wildman–Crippen MR) is 222 cm³/mol. The van der Waals surface area contributed by atoms with Crippen LogP contribution in [0.3, 0.4) is 0 Å². The molecule has 0 aliphatic heterocycles. The second-order valence-corrected chi connectivity index (χ2v) is 21.5. The molecule has 6 rings (SSSR count). The van der Waals surface area contributed by atoms with Gasteiger partial charge in [0.15, 0.2) is 0 Å². The second kappa shape index (κ2) is 19.6. The molecule has 0 aromatic heterocycles. The summed E-state index contributed by atoms with van der Waals surface area (Å²) >= 11 is 0. The Bertz CT molecular complexity index is 820. The fourth-order valence-corrected chi connectivity index (χ4v) is 16.8. The van der Waals surface area contributed by atoms with Gasteiger partial charge in [-0.15, -0.1) is 0 Å². The monoisotopic (exact) mass is 743 g/mol. The molecule has 6 fully saturated rings. The van der Waals surface area contributed by atoms with Crippen molar-refractivity contribution in [3.63, 3.8) is 0 Å². The van der Waals surface area contributed by atoms with Crippen molar-refractivity contribution in [3.05, 3.63) is 0 Å². The second-order valence-electron chi connectivity index (χ2n) is 20.5. The topological polar surface area (TPSA) is 27.7 Å². The molecule has 6 saturated carbocycles. The van der Waals surface area contributed by atoms with Crippen molar-refractivity contribution >= 4 is 8.60 Å². The standard InChI is InChI=1S/C48H87O3P/c1-37(2)46(40-25-13-7-14-26-40,41-27-15-8-16-28-41)49-52(50-47(38(3)4,42-29-17-9-18-30-42)43-31-19-10-20-32-43)51-48(39(5)6,44-33-21-11-22-34-44)45-35-23-12-24-36-45/h37-45H,7-36H2,1-6H3. The van der Waals surface area contributed by atoms with Crippen LogP contribution in [0.25, 0.3) is 0 Å². The summed E-state index contributed by atoms with van der Waals surface area (Å²) in [5.41, 5.74) is -0.470. The fraction of sp³-hybridized carbons (Fsp3) is 1.00. The van der Waals surface area contributed by atoms with E-state index in [1.54, 1.807) is 0 Å². The van der Waals surface area contributed by atoms with Crippen molar-refractivity contribution in [1.29, 1.82) is 0 Å². The molecule has 4 heteroatoms. The Morgan fingerprint density at radius 2 is 0.442 bits per heavy atom. The summed E-state index contributed by atoms with van der Waals surface area (Å²) in [6.07, 6.45) is 40.8. The van der Waals surface area contributed by atoms with Crippen molar-refractivity contribution in [2.24, 2.45) is 53.3 Å². The van der Waals surface area contributed by atoms with E-state index in [0.29, 0.717) is 53.3 Å². The van der Waals surface area contributed by atoms with Gasteiger partial charge in [0.2, 0.25) is 0 Å². The molecular weight excluding hydrogens is 655 g/mol. The van der Waals surface area contributed by atoms with Crippen molar-refractivity contribution in [1.82, 2.24) is 0 Å². The Hall–Kier alpha value is 0.310. The summed E-state index contributed by atoms with van der Waals surface area (Å²) in [7, 11) is -1.57. The first kappa shape index (κ1) is 41.9. The van der Waals surface area contributed by atoms with E-state index >= 15 is 0 Å². The molecule has 52 heavy (non-hydrogen) atoms. The Morgan fingerprint density at radius 1 is 0.288 bits per heavy atom. The highest BCUT2D eigenvalue weighted by atomic mass is 31.2. The average molecular weight is 743 g/mol. The number of hydrogen-bond donors (Lipinski definition) is 0. The number of rotatable bonds is 15. The lowest BCUT2D eigenvalue weighted by atomic mass is 9.62. The Kier molecular flexibility index (Phi) is 15.8. The maximum absolute atomic E-state index is 8.37. The van der Waals surface area contributed by atoms with Crippen molar-refractivity contribution in [2.75, 3.05) is 0 Å². The lowest BCUT2D eigenvalue weighted by Gasteiger charge is -2.58. The molecule has 0 saturated heterocycles. The van der Waals surface area contributed by atoms with E-state index in [4.69, 9.17) is 13.6 Å². The van der Waals surface area contributed by atoms with Crippen LogP contribution >= 0.6 is 8.60 Å². The highest BCUT2D eigenvalue weighted by Crippen LogP contribution is 2.66. The van der Waals surface area contributed by atoms with Crippen LogP contribution in [-0.4, -0.2) is 16.8 Å². The normalized spacial score (nSPS) is 26.0. The van der Waals surface area contributed by atoms with Gasteiger partial charge in [0.25, 0.3) is 0 Å². The summed E-state index contributed by atoms with van der Waals surface area (Å²) < 4.78 is 25.1. The van der Waals surface area contributed by atoms with E-state index in [0.717, 1.165) is 0 Å². The fourth-order valence-electron chi connectivity index (χ4n) is 14.4. The van der Waals surface area contributed by atoms with Gasteiger partial charge >= 0.3 is 8.60 Å². The minimum atomic E-state index is -1.57. The highest BCUT2D eigenvalue weighted by Gasteiger charge is 2.59. The van der Waals surface area contributed by atoms with Crippen LogP contribution in [0, 0.1) is 53.3 Å². The zero-order chi connectivity index (χ0) is 36.6. The molecule has 0 N–H and O–H groups in total. The Labute approximate surface area is 325 Å². The highest BCUT2D eigenvalue weighted by molar-refractivity contribution is 7.41. The van der Waals surface area contributed by atoms with Crippen LogP contribution in [0.2, 0.25) is 0 Å². The van der Waals surface area contributed by atoms with E-state index in [1.807, 2.05) is 0 Å². The smallest absolute Gasteiger partial charge is 0.305 e. The van der Waals surface area contributed by atoms with Gasteiger partial charge in [-0.3, -0.25) is 0 Å². The molecule has 302 valence electrons. The van der Waals surface area contributed by atoms with Gasteiger partial charge in [-0.25, -0.2) is 0 Å². The van der Waals surface area contributed by atoms with Gasteiger partial charge in [-0.1, -0.05) is 157 Å². The van der Waals surface area contributed by atoms with Crippen LogP contribution in [0.4, 0.5) is 0 Å². The lowest BCUT2D eigenvalue weighted by molar-refractivity contribution is -0.177. The van der Waals surface area contributed by atoms with Gasteiger partial charge in [-0.2, -0.15) is 0 Å². The maximum atomic E-state index is 8.37. The Morgan fingerprint density at radius 3 is 0.577 bits per heavy atom. The van der Waals surface area contributed by atoms with E-state index in [2.05, 4.69) is 41.5 Å². The molecule has 0 bridgehead atoms. The first-order valence-electron chi connectivity index (χ1n) is 24.1. The van der Waals surface area contributed by atoms with Gasteiger partial charge < -0.3 is 13.6 Å². The molecule has 0 atom stereocenters. The summed E-state index contributed by atoms with van der Waals surface area (Å²) in [5.74, 6) is 5.13. The molecule has 6 aliphatic carbocycles. The first-order chi connectivity index (χ1) is 25.2. The van der Waals surface area contributed by atoms with Crippen molar-refractivity contribution in [2.45, 2.75) is 251 Å². The summed E-state index contributed by atoms with van der Waals surface area (Å²) in [5, 5.41) is 0. The summed E-state index contributed by atoms with van der Waals surface area (Å²) in [6.45, 7) is 15.3. The predicted octanol–water partition coefficient (Wildman–Crippen LogP) is 15.9. The van der Waals surface area contributed by atoms with Crippen LogP contribution in [0.1, 0.15) is 234 Å². The third kappa shape index (κ3) is 8.89. The maximum Gasteiger partial charge on any atom is 0.334 e. The molecular formula is C48H87O3P. The number of hydrogen-bond acceptors (Lipinski definition) is 3. The molecule has 0 spiro atoms. The molecule has 0 aromatic rings. The molecule has 0 unspecified atom stereocenters. The zero-order valence-corrected chi connectivity index (χ0v) is 36.5. The van der Waals surface area contributed by atoms with E-state index < -0.39 is 8.60 Å². The molecule has 6 aliphatic rings. The van der Waals surface area contributed by atoms with Gasteiger partial charge in [0, 0.05) is 0 Å². The molecule has 0 aromatic carbocycles. The van der Waals surface area contributed by atoms with Crippen LogP contribution in [-0.2, 0) is 13.6 Å². The van der Waals surface area contributed by atoms with Crippen LogP contribution in [0.15, 0.2) is 0 Å². The van der Waals surface area contributed by atoms with Crippen LogP contribution < -0.4 is 0 Å². The Balaban J connectivity index is 1.50. The SMILES string of the molecule is CC(C)C(OP(OC(C(C)C)(C1CCCCC1)C1CCCCC1)OC(C(C)C)(C1CCCCC1)C1CCCCC1)(C1CCCCC1)C1CCCCC1. The van der Waals surface area contributed by atoms with Gasteiger partial charge in [-0.05, 0) is 130 Å². The zero-order valence-electron chi connectivity index (χ0n) is 35.6. The molecule has 3 nitrogen and oxygen atoms in total.